The number of aromatic amines is 1. The number of anilines is 1. The van der Waals surface area contributed by atoms with Crippen molar-refractivity contribution in [2.45, 2.75) is 25.2 Å². The van der Waals surface area contributed by atoms with Crippen molar-refractivity contribution < 1.29 is 4.79 Å². The number of carbonyl (C=O) groups excluding carboxylic acids is 1. The van der Waals surface area contributed by atoms with Crippen molar-refractivity contribution in [3.63, 3.8) is 0 Å². The van der Waals surface area contributed by atoms with Crippen LogP contribution in [0.1, 0.15) is 40.5 Å². The minimum Gasteiger partial charge on any atom is -0.296 e. The number of tetrazole rings is 1. The lowest BCUT2D eigenvalue weighted by Crippen LogP contribution is -2.10. The number of hydrogen-bond acceptors (Lipinski definition) is 8. The first-order valence-electron chi connectivity index (χ1n) is 6.77. The van der Waals surface area contributed by atoms with Crippen LogP contribution in [0.3, 0.4) is 0 Å². The molecule has 3 heterocycles. The van der Waals surface area contributed by atoms with Gasteiger partial charge in [0.2, 0.25) is 11.0 Å². The Morgan fingerprint density at radius 2 is 2.23 bits per heavy atom. The van der Waals surface area contributed by atoms with Crippen molar-refractivity contribution in [3.05, 3.63) is 22.0 Å². The smallest absolute Gasteiger partial charge is 0.258 e. The fraction of sp³-hybridized carbons (Fsp3) is 0.333. The topological polar surface area (TPSA) is 109 Å². The monoisotopic (exact) mass is 333 g/mol. The van der Waals surface area contributed by atoms with Gasteiger partial charge in [-0.2, -0.15) is 5.21 Å². The fourth-order valence-corrected chi connectivity index (χ4v) is 3.84. The van der Waals surface area contributed by atoms with Crippen LogP contribution in [-0.2, 0) is 0 Å². The fourth-order valence-electron chi connectivity index (χ4n) is 2.11. The quantitative estimate of drug-likeness (QED) is 0.758. The highest BCUT2D eigenvalue weighted by Crippen LogP contribution is 2.38. The van der Waals surface area contributed by atoms with Crippen LogP contribution >= 0.6 is 22.7 Å². The highest BCUT2D eigenvalue weighted by Gasteiger charge is 2.24. The van der Waals surface area contributed by atoms with E-state index in [4.69, 9.17) is 0 Å². The molecule has 3 aromatic heterocycles. The molecule has 3 aromatic rings. The molecule has 8 nitrogen and oxygen atoms in total. The number of rotatable bonds is 4. The van der Waals surface area contributed by atoms with Crippen molar-refractivity contribution in [2.75, 3.05) is 5.32 Å². The summed E-state index contributed by atoms with van der Waals surface area (Å²) in [5.41, 5.74) is 0.546. The van der Waals surface area contributed by atoms with Crippen molar-refractivity contribution in [2.24, 2.45) is 0 Å². The van der Waals surface area contributed by atoms with Gasteiger partial charge in [0.15, 0.2) is 0 Å². The third-order valence-electron chi connectivity index (χ3n) is 3.54. The zero-order chi connectivity index (χ0) is 14.9. The second-order valence-electron chi connectivity index (χ2n) is 4.96. The number of nitrogens with zero attached hydrogens (tertiary/aromatic N) is 5. The lowest BCUT2D eigenvalue weighted by atomic mass is 9.86. The molecule has 0 spiro atoms. The zero-order valence-electron chi connectivity index (χ0n) is 11.3. The summed E-state index contributed by atoms with van der Waals surface area (Å²) in [6.45, 7) is 0. The molecule has 1 aliphatic carbocycles. The molecule has 0 bridgehead atoms. The van der Waals surface area contributed by atoms with Gasteiger partial charge in [-0.15, -0.1) is 31.7 Å². The zero-order valence-corrected chi connectivity index (χ0v) is 12.9. The first-order chi connectivity index (χ1) is 10.8. The van der Waals surface area contributed by atoms with E-state index in [2.05, 4.69) is 36.1 Å². The summed E-state index contributed by atoms with van der Waals surface area (Å²) >= 11 is 2.84. The summed E-state index contributed by atoms with van der Waals surface area (Å²) in [6.07, 6.45) is 3.59. The molecule has 0 saturated heterocycles. The second-order valence-corrected chi connectivity index (χ2v) is 6.88. The summed E-state index contributed by atoms with van der Waals surface area (Å²) in [6, 6.07) is 1.73. The van der Waals surface area contributed by atoms with E-state index in [1.165, 1.54) is 41.9 Å². The Bertz CT molecular complexity index is 790. The normalized spacial score (nSPS) is 14.7. The summed E-state index contributed by atoms with van der Waals surface area (Å²) in [5, 5.41) is 28.0. The third-order valence-corrected chi connectivity index (χ3v) is 5.47. The van der Waals surface area contributed by atoms with Gasteiger partial charge < -0.3 is 0 Å². The van der Waals surface area contributed by atoms with Crippen LogP contribution in [0, 0.1) is 0 Å². The molecule has 2 N–H and O–H groups in total. The molecule has 0 radical (unpaired) electrons. The highest BCUT2D eigenvalue weighted by molar-refractivity contribution is 7.15. The maximum absolute atomic E-state index is 12.2. The number of thiophene rings is 1. The maximum Gasteiger partial charge on any atom is 0.258 e. The molecule has 1 aliphatic rings. The average Bonchev–Trinajstić information content (AvgIpc) is 3.18. The SMILES string of the molecule is O=C(Nc1nnc(C2CCC2)s1)c1csc(-c2nn[nH]n2)c1. The molecule has 4 rings (SSSR count). The standard InChI is InChI=1S/C12H11N7OS2/c20-10(7-4-8(21-5-7)9-14-18-19-15-9)13-12-17-16-11(22-12)6-2-1-3-6/h4-6H,1-3H2,(H,13,17,20)(H,14,15,18,19). The van der Waals surface area contributed by atoms with E-state index in [0.717, 1.165) is 9.88 Å². The Kier molecular flexibility index (Phi) is 3.39. The van der Waals surface area contributed by atoms with Crippen LogP contribution in [0.25, 0.3) is 10.7 Å². The number of aromatic nitrogens is 6. The highest BCUT2D eigenvalue weighted by atomic mass is 32.1. The predicted molar refractivity (Wildman–Crippen MR) is 81.9 cm³/mol. The van der Waals surface area contributed by atoms with Crippen LogP contribution < -0.4 is 5.32 Å². The summed E-state index contributed by atoms with van der Waals surface area (Å²) in [7, 11) is 0. The van der Waals surface area contributed by atoms with Crippen LogP contribution in [0.2, 0.25) is 0 Å². The van der Waals surface area contributed by atoms with Crippen LogP contribution in [-0.4, -0.2) is 36.7 Å². The van der Waals surface area contributed by atoms with Crippen molar-refractivity contribution in [1.82, 2.24) is 30.8 Å². The lowest BCUT2D eigenvalue weighted by Gasteiger charge is -2.21. The molecule has 0 atom stereocenters. The number of hydrogen-bond donors (Lipinski definition) is 2. The summed E-state index contributed by atoms with van der Waals surface area (Å²) in [5.74, 6) is 0.795. The van der Waals surface area contributed by atoms with Gasteiger partial charge in [-0.3, -0.25) is 10.1 Å². The van der Waals surface area contributed by atoms with Gasteiger partial charge in [0.05, 0.1) is 10.4 Å². The molecule has 0 aromatic carbocycles. The van der Waals surface area contributed by atoms with Crippen LogP contribution in [0.4, 0.5) is 5.13 Å². The minimum atomic E-state index is -0.206. The Morgan fingerprint density at radius 3 is 2.95 bits per heavy atom. The molecular formula is C12H11N7OS2. The summed E-state index contributed by atoms with van der Waals surface area (Å²) in [4.78, 5) is 13.0. The van der Waals surface area contributed by atoms with E-state index in [1.54, 1.807) is 11.4 Å². The van der Waals surface area contributed by atoms with E-state index in [0.29, 0.717) is 22.4 Å². The predicted octanol–water partition coefficient (Wildman–Crippen LogP) is 2.30. The molecule has 1 fully saturated rings. The lowest BCUT2D eigenvalue weighted by molar-refractivity contribution is 0.102. The molecule has 10 heteroatoms. The molecule has 112 valence electrons. The van der Waals surface area contributed by atoms with Crippen molar-refractivity contribution in [1.29, 1.82) is 0 Å². The molecule has 0 unspecified atom stereocenters. The van der Waals surface area contributed by atoms with E-state index >= 15 is 0 Å². The first kappa shape index (κ1) is 13.5. The number of nitrogens with one attached hydrogen (secondary N) is 2. The second kappa shape index (κ2) is 5.54. The molecule has 0 aliphatic heterocycles. The van der Waals surface area contributed by atoms with Crippen LogP contribution in [0.15, 0.2) is 11.4 Å². The molecule has 22 heavy (non-hydrogen) atoms. The number of carbonyl (C=O) groups is 1. The molecule has 1 amide bonds. The van der Waals surface area contributed by atoms with Gasteiger partial charge in [-0.25, -0.2) is 0 Å². The van der Waals surface area contributed by atoms with Gasteiger partial charge >= 0.3 is 0 Å². The van der Waals surface area contributed by atoms with E-state index in [1.807, 2.05) is 0 Å². The average molecular weight is 333 g/mol. The van der Waals surface area contributed by atoms with Gasteiger partial charge in [-0.05, 0) is 24.1 Å². The number of H-pyrrole nitrogens is 1. The summed E-state index contributed by atoms with van der Waals surface area (Å²) < 4.78 is 0. The Balaban J connectivity index is 1.46. The van der Waals surface area contributed by atoms with Crippen molar-refractivity contribution in [3.8, 4) is 10.7 Å². The minimum absolute atomic E-state index is 0.206. The van der Waals surface area contributed by atoms with Crippen LogP contribution in [0.5, 0.6) is 0 Å². The van der Waals surface area contributed by atoms with E-state index < -0.39 is 0 Å². The Labute approximate surface area is 133 Å². The Morgan fingerprint density at radius 1 is 1.32 bits per heavy atom. The van der Waals surface area contributed by atoms with E-state index in [-0.39, 0.29) is 5.91 Å². The molecule has 1 saturated carbocycles. The Hall–Kier alpha value is -2.20. The van der Waals surface area contributed by atoms with Gasteiger partial charge in [0, 0.05) is 11.3 Å². The van der Waals surface area contributed by atoms with Crippen molar-refractivity contribution >= 4 is 33.7 Å². The van der Waals surface area contributed by atoms with Gasteiger partial charge in [0.25, 0.3) is 5.91 Å². The van der Waals surface area contributed by atoms with Gasteiger partial charge in [0.1, 0.15) is 5.01 Å². The largest absolute Gasteiger partial charge is 0.296 e. The molecular weight excluding hydrogens is 322 g/mol. The maximum atomic E-state index is 12.2. The first-order valence-corrected chi connectivity index (χ1v) is 8.46. The number of amides is 1. The van der Waals surface area contributed by atoms with Gasteiger partial charge in [-0.1, -0.05) is 17.8 Å². The third kappa shape index (κ3) is 2.50. The van der Waals surface area contributed by atoms with E-state index in [9.17, 15) is 4.79 Å².